The van der Waals surface area contributed by atoms with Crippen LogP contribution in [0.2, 0.25) is 0 Å². The molecular formula is C14H20ClN3O. The smallest absolute Gasteiger partial charge is 0.253 e. The quantitative estimate of drug-likeness (QED) is 0.863. The number of aryl methyl sites for hydroxylation is 2. The first-order valence-corrected chi connectivity index (χ1v) is 7.30. The van der Waals surface area contributed by atoms with E-state index in [1.807, 2.05) is 6.92 Å². The number of aromatic nitrogens is 2. The summed E-state index contributed by atoms with van der Waals surface area (Å²) in [4.78, 5) is 12.2. The molecule has 104 valence electrons. The molecule has 2 atom stereocenters. The lowest BCUT2D eigenvalue weighted by Crippen LogP contribution is -2.32. The third-order valence-electron chi connectivity index (χ3n) is 3.88. The van der Waals surface area contributed by atoms with Gasteiger partial charge in [0, 0.05) is 12.4 Å². The largest absolute Gasteiger partial charge is 0.352 e. The number of halogens is 1. The molecule has 0 radical (unpaired) electrons. The Bertz CT molecular complexity index is 464. The van der Waals surface area contributed by atoms with E-state index in [4.69, 9.17) is 11.6 Å². The molecule has 1 amide bonds. The number of alkyl halides is 1. The molecule has 1 N–H and O–H groups in total. The van der Waals surface area contributed by atoms with Crippen LogP contribution in [0.3, 0.4) is 0 Å². The fraction of sp³-hybridized carbons (Fsp3) is 0.643. The van der Waals surface area contributed by atoms with Gasteiger partial charge in [0.15, 0.2) is 0 Å². The zero-order valence-electron chi connectivity index (χ0n) is 11.4. The Kier molecular flexibility index (Phi) is 4.75. The van der Waals surface area contributed by atoms with E-state index in [0.29, 0.717) is 35.5 Å². The molecule has 0 aromatic carbocycles. The Balaban J connectivity index is 1.96. The number of rotatable bonds is 4. The van der Waals surface area contributed by atoms with Crippen molar-refractivity contribution in [3.63, 3.8) is 0 Å². The number of nitrogens with zero attached hydrogens (tertiary/aromatic N) is 2. The third kappa shape index (κ3) is 3.44. The van der Waals surface area contributed by atoms with E-state index in [2.05, 4.69) is 15.5 Å². The van der Waals surface area contributed by atoms with E-state index in [-0.39, 0.29) is 5.91 Å². The molecular weight excluding hydrogens is 262 g/mol. The summed E-state index contributed by atoms with van der Waals surface area (Å²) < 4.78 is 0. The number of carbonyl (C=O) groups excluding carboxylic acids is 1. The summed E-state index contributed by atoms with van der Waals surface area (Å²) in [6, 6.07) is 1.78. The Morgan fingerprint density at radius 3 is 2.84 bits per heavy atom. The molecule has 4 nitrogen and oxygen atoms in total. The Labute approximate surface area is 118 Å². The van der Waals surface area contributed by atoms with Crippen LogP contribution in [0.15, 0.2) is 6.07 Å². The summed E-state index contributed by atoms with van der Waals surface area (Å²) in [5.74, 6) is 1.68. The lowest BCUT2D eigenvalue weighted by atomic mass is 9.98. The summed E-state index contributed by atoms with van der Waals surface area (Å²) in [7, 11) is 0. The highest BCUT2D eigenvalue weighted by molar-refractivity contribution is 6.18. The first-order valence-electron chi connectivity index (χ1n) is 6.77. The second-order valence-electron chi connectivity index (χ2n) is 5.30. The normalized spacial score (nSPS) is 22.5. The van der Waals surface area contributed by atoms with Gasteiger partial charge in [-0.15, -0.1) is 11.6 Å². The molecule has 0 aliphatic heterocycles. The monoisotopic (exact) mass is 281 g/mol. The molecule has 1 aromatic heterocycles. The maximum Gasteiger partial charge on any atom is 0.253 e. The second kappa shape index (κ2) is 6.33. The second-order valence-corrected chi connectivity index (χ2v) is 5.61. The SMILES string of the molecule is Cc1cc(C(=O)NCC2CCCC2CCl)c(C)nn1. The van der Waals surface area contributed by atoms with Crippen molar-refractivity contribution in [3.05, 3.63) is 23.0 Å². The van der Waals surface area contributed by atoms with E-state index in [1.54, 1.807) is 13.0 Å². The summed E-state index contributed by atoms with van der Waals surface area (Å²) in [6.45, 7) is 4.35. The molecule has 1 fully saturated rings. The molecule has 1 saturated carbocycles. The van der Waals surface area contributed by atoms with Gasteiger partial charge < -0.3 is 5.32 Å². The average Bonchev–Trinajstić information content (AvgIpc) is 2.86. The van der Waals surface area contributed by atoms with Crippen molar-refractivity contribution in [2.24, 2.45) is 11.8 Å². The van der Waals surface area contributed by atoms with Crippen molar-refractivity contribution >= 4 is 17.5 Å². The summed E-state index contributed by atoms with van der Waals surface area (Å²) in [6.07, 6.45) is 3.55. The molecule has 0 saturated heterocycles. The number of hydrogen-bond acceptors (Lipinski definition) is 3. The predicted octanol–water partition coefficient (Wildman–Crippen LogP) is 2.48. The van der Waals surface area contributed by atoms with Crippen LogP contribution in [-0.2, 0) is 0 Å². The van der Waals surface area contributed by atoms with Crippen molar-refractivity contribution in [1.29, 1.82) is 0 Å². The minimum absolute atomic E-state index is 0.0595. The van der Waals surface area contributed by atoms with Crippen molar-refractivity contribution < 1.29 is 4.79 Å². The summed E-state index contributed by atoms with van der Waals surface area (Å²) >= 11 is 5.95. The molecule has 5 heteroatoms. The molecule has 1 heterocycles. The van der Waals surface area contributed by atoms with Gasteiger partial charge in [-0.05, 0) is 44.6 Å². The number of hydrogen-bond donors (Lipinski definition) is 1. The van der Waals surface area contributed by atoms with Gasteiger partial charge in [0.25, 0.3) is 5.91 Å². The molecule has 1 aliphatic carbocycles. The van der Waals surface area contributed by atoms with Gasteiger partial charge in [0.1, 0.15) is 0 Å². The van der Waals surface area contributed by atoms with Gasteiger partial charge in [-0.1, -0.05) is 6.42 Å². The highest BCUT2D eigenvalue weighted by Crippen LogP contribution is 2.31. The Morgan fingerprint density at radius 1 is 1.37 bits per heavy atom. The van der Waals surface area contributed by atoms with Crippen LogP contribution in [0.5, 0.6) is 0 Å². The topological polar surface area (TPSA) is 54.9 Å². The molecule has 2 unspecified atom stereocenters. The van der Waals surface area contributed by atoms with E-state index in [1.165, 1.54) is 12.8 Å². The van der Waals surface area contributed by atoms with Crippen LogP contribution in [0.25, 0.3) is 0 Å². The van der Waals surface area contributed by atoms with Gasteiger partial charge in [-0.2, -0.15) is 10.2 Å². The van der Waals surface area contributed by atoms with Crippen molar-refractivity contribution in [2.75, 3.05) is 12.4 Å². The molecule has 1 aromatic rings. The Morgan fingerprint density at radius 2 is 2.11 bits per heavy atom. The van der Waals surface area contributed by atoms with E-state index in [0.717, 1.165) is 12.1 Å². The Hall–Kier alpha value is -1.16. The third-order valence-corrected chi connectivity index (χ3v) is 4.28. The van der Waals surface area contributed by atoms with E-state index in [9.17, 15) is 4.79 Å². The number of nitrogens with one attached hydrogen (secondary N) is 1. The molecule has 19 heavy (non-hydrogen) atoms. The zero-order valence-corrected chi connectivity index (χ0v) is 12.2. The van der Waals surface area contributed by atoms with Crippen LogP contribution in [0.4, 0.5) is 0 Å². The molecule has 0 spiro atoms. The molecule has 0 bridgehead atoms. The molecule has 2 rings (SSSR count). The van der Waals surface area contributed by atoms with Crippen LogP contribution in [0.1, 0.15) is 41.0 Å². The summed E-state index contributed by atoms with van der Waals surface area (Å²) in [5, 5.41) is 10.9. The van der Waals surface area contributed by atoms with E-state index < -0.39 is 0 Å². The highest BCUT2D eigenvalue weighted by atomic mass is 35.5. The van der Waals surface area contributed by atoms with Gasteiger partial charge in [-0.25, -0.2) is 0 Å². The van der Waals surface area contributed by atoms with Gasteiger partial charge in [-0.3, -0.25) is 4.79 Å². The van der Waals surface area contributed by atoms with Crippen LogP contribution >= 0.6 is 11.6 Å². The standard InChI is InChI=1S/C14H20ClN3O/c1-9-6-13(10(2)18-17-9)14(19)16-8-12-5-3-4-11(12)7-15/h6,11-12H,3-5,7-8H2,1-2H3,(H,16,19). The molecule has 1 aliphatic rings. The lowest BCUT2D eigenvalue weighted by Gasteiger charge is -2.17. The maximum absolute atomic E-state index is 12.2. The predicted molar refractivity (Wildman–Crippen MR) is 75.4 cm³/mol. The maximum atomic E-state index is 12.2. The van der Waals surface area contributed by atoms with Gasteiger partial charge >= 0.3 is 0 Å². The fourth-order valence-electron chi connectivity index (χ4n) is 2.68. The number of amides is 1. The minimum atomic E-state index is -0.0595. The number of carbonyl (C=O) groups is 1. The van der Waals surface area contributed by atoms with Crippen LogP contribution in [-0.4, -0.2) is 28.5 Å². The zero-order chi connectivity index (χ0) is 13.8. The average molecular weight is 282 g/mol. The minimum Gasteiger partial charge on any atom is -0.352 e. The van der Waals surface area contributed by atoms with Crippen molar-refractivity contribution in [1.82, 2.24) is 15.5 Å². The first kappa shape index (κ1) is 14.3. The van der Waals surface area contributed by atoms with Gasteiger partial charge in [0.05, 0.1) is 17.0 Å². The fourth-order valence-corrected chi connectivity index (χ4v) is 3.09. The lowest BCUT2D eigenvalue weighted by molar-refractivity contribution is 0.0943. The van der Waals surface area contributed by atoms with Crippen molar-refractivity contribution in [3.8, 4) is 0 Å². The van der Waals surface area contributed by atoms with E-state index >= 15 is 0 Å². The van der Waals surface area contributed by atoms with Crippen LogP contribution in [0, 0.1) is 25.7 Å². The highest BCUT2D eigenvalue weighted by Gasteiger charge is 2.26. The van der Waals surface area contributed by atoms with Crippen LogP contribution < -0.4 is 5.32 Å². The van der Waals surface area contributed by atoms with Gasteiger partial charge in [0.2, 0.25) is 0 Å². The van der Waals surface area contributed by atoms with Crippen molar-refractivity contribution in [2.45, 2.75) is 33.1 Å². The summed E-state index contributed by atoms with van der Waals surface area (Å²) in [5.41, 5.74) is 2.05. The first-order chi connectivity index (χ1) is 9.11.